The van der Waals surface area contributed by atoms with Gasteiger partial charge < -0.3 is 9.88 Å². The van der Waals surface area contributed by atoms with Crippen LogP contribution in [0.4, 0.5) is 4.39 Å². The van der Waals surface area contributed by atoms with Crippen molar-refractivity contribution in [1.29, 1.82) is 0 Å². The van der Waals surface area contributed by atoms with Gasteiger partial charge in [0.15, 0.2) is 0 Å². The molecule has 1 aliphatic rings. The van der Waals surface area contributed by atoms with Crippen molar-refractivity contribution in [3.05, 3.63) is 47.3 Å². The fourth-order valence-corrected chi connectivity index (χ4v) is 3.27. The van der Waals surface area contributed by atoms with E-state index in [9.17, 15) is 9.18 Å². The number of nitrogens with one attached hydrogen (secondary N) is 1. The number of hydrogen-bond donors (Lipinski definition) is 1. The summed E-state index contributed by atoms with van der Waals surface area (Å²) in [6, 6.07) is 6.27. The molecule has 0 radical (unpaired) electrons. The molecule has 134 valence electrons. The topological polar surface area (TPSA) is 59.8 Å². The van der Waals surface area contributed by atoms with Crippen molar-refractivity contribution >= 4 is 5.91 Å². The Hall–Kier alpha value is -2.24. The Bertz CT molecular complexity index is 781. The Labute approximate surface area is 147 Å². The van der Waals surface area contributed by atoms with Crippen LogP contribution in [-0.4, -0.2) is 26.7 Å². The quantitative estimate of drug-likeness (QED) is 0.928. The van der Waals surface area contributed by atoms with Crippen molar-refractivity contribution in [3.8, 4) is 0 Å². The van der Waals surface area contributed by atoms with Crippen molar-refractivity contribution in [1.82, 2.24) is 20.1 Å². The van der Waals surface area contributed by atoms with E-state index in [0.29, 0.717) is 18.0 Å². The maximum atomic E-state index is 13.5. The summed E-state index contributed by atoms with van der Waals surface area (Å²) in [5.74, 6) is 1.81. The van der Waals surface area contributed by atoms with Crippen LogP contribution in [0, 0.1) is 5.82 Å². The second kappa shape index (κ2) is 6.58. The van der Waals surface area contributed by atoms with Crippen LogP contribution >= 0.6 is 0 Å². The van der Waals surface area contributed by atoms with E-state index in [0.717, 1.165) is 24.5 Å². The van der Waals surface area contributed by atoms with Gasteiger partial charge in [-0.05, 0) is 38.0 Å². The van der Waals surface area contributed by atoms with Crippen LogP contribution in [0.1, 0.15) is 57.2 Å². The third kappa shape index (κ3) is 3.43. The van der Waals surface area contributed by atoms with E-state index < -0.39 is 5.41 Å². The van der Waals surface area contributed by atoms with Gasteiger partial charge in [-0.1, -0.05) is 26.0 Å². The molecule has 0 saturated heterocycles. The first-order chi connectivity index (χ1) is 11.8. The molecule has 2 heterocycles. The van der Waals surface area contributed by atoms with Crippen LogP contribution in [0.25, 0.3) is 0 Å². The fraction of sp³-hybridized carbons (Fsp3) is 0.526. The Morgan fingerprint density at radius 1 is 1.36 bits per heavy atom. The molecule has 1 amide bonds. The lowest BCUT2D eigenvalue weighted by atomic mass is 9.83. The third-order valence-corrected chi connectivity index (χ3v) is 4.94. The van der Waals surface area contributed by atoms with Crippen LogP contribution in [0.15, 0.2) is 24.3 Å². The Morgan fingerprint density at radius 3 is 2.80 bits per heavy atom. The molecule has 1 unspecified atom stereocenters. The van der Waals surface area contributed by atoms with Gasteiger partial charge in [-0.25, -0.2) is 4.39 Å². The summed E-state index contributed by atoms with van der Waals surface area (Å²) in [6.45, 7) is 8.51. The first-order valence-electron chi connectivity index (χ1n) is 8.78. The summed E-state index contributed by atoms with van der Waals surface area (Å²) in [6.07, 6.45) is 1.63. The smallest absolute Gasteiger partial charge is 0.230 e. The Kier molecular flexibility index (Phi) is 4.62. The van der Waals surface area contributed by atoms with Gasteiger partial charge in [0.25, 0.3) is 0 Å². The second-order valence-corrected chi connectivity index (χ2v) is 7.58. The van der Waals surface area contributed by atoms with Crippen LogP contribution in [-0.2, 0) is 23.2 Å². The number of benzene rings is 1. The average Bonchev–Trinajstić information content (AvgIpc) is 2.98. The predicted octanol–water partition coefficient (Wildman–Crippen LogP) is 2.95. The monoisotopic (exact) mass is 344 g/mol. The number of nitrogens with zero attached hydrogens (tertiary/aromatic N) is 3. The molecule has 1 aromatic heterocycles. The van der Waals surface area contributed by atoms with Crippen molar-refractivity contribution in [2.45, 2.75) is 64.5 Å². The number of hydrogen-bond acceptors (Lipinski definition) is 3. The van der Waals surface area contributed by atoms with E-state index in [1.807, 2.05) is 13.8 Å². The van der Waals surface area contributed by atoms with E-state index in [4.69, 9.17) is 0 Å². The lowest BCUT2D eigenvalue weighted by Gasteiger charge is -2.30. The highest BCUT2D eigenvalue weighted by Gasteiger charge is 2.33. The summed E-state index contributed by atoms with van der Waals surface area (Å²) in [5, 5.41) is 11.7. The zero-order chi connectivity index (χ0) is 18.2. The minimum absolute atomic E-state index is 0.0290. The van der Waals surface area contributed by atoms with Gasteiger partial charge in [0.05, 0.1) is 5.41 Å². The SMILES string of the molecule is CC(C)c1nnc2n1CC(NC(=O)C(C)(C)c1cccc(F)c1)CC2. The number of rotatable bonds is 4. The molecule has 3 rings (SSSR count). The highest BCUT2D eigenvalue weighted by Crippen LogP contribution is 2.26. The molecule has 0 bridgehead atoms. The fourth-order valence-electron chi connectivity index (χ4n) is 3.27. The van der Waals surface area contributed by atoms with Gasteiger partial charge in [-0.15, -0.1) is 10.2 Å². The molecule has 2 aromatic rings. The van der Waals surface area contributed by atoms with E-state index in [2.05, 4.69) is 33.9 Å². The number of carbonyl (C=O) groups is 1. The van der Waals surface area contributed by atoms with Gasteiger partial charge >= 0.3 is 0 Å². The van der Waals surface area contributed by atoms with Crippen molar-refractivity contribution in [3.63, 3.8) is 0 Å². The summed E-state index contributed by atoms with van der Waals surface area (Å²) in [5.41, 5.74) is -0.121. The zero-order valence-corrected chi connectivity index (χ0v) is 15.2. The average molecular weight is 344 g/mol. The molecule has 1 aliphatic heterocycles. The van der Waals surface area contributed by atoms with Crippen LogP contribution in [0.3, 0.4) is 0 Å². The van der Waals surface area contributed by atoms with Gasteiger partial charge in [-0.2, -0.15) is 0 Å². The maximum Gasteiger partial charge on any atom is 0.230 e. The van der Waals surface area contributed by atoms with Gasteiger partial charge in [0, 0.05) is 24.9 Å². The first-order valence-corrected chi connectivity index (χ1v) is 8.78. The molecule has 5 nitrogen and oxygen atoms in total. The normalized spacial score (nSPS) is 17.4. The Morgan fingerprint density at radius 2 is 2.12 bits per heavy atom. The number of aromatic nitrogens is 3. The van der Waals surface area contributed by atoms with E-state index in [1.54, 1.807) is 12.1 Å². The number of halogens is 1. The molecule has 25 heavy (non-hydrogen) atoms. The maximum absolute atomic E-state index is 13.5. The molecule has 0 saturated carbocycles. The molecule has 0 aliphatic carbocycles. The van der Waals surface area contributed by atoms with Gasteiger partial charge in [0.2, 0.25) is 5.91 Å². The van der Waals surface area contributed by atoms with Crippen molar-refractivity contribution in [2.24, 2.45) is 0 Å². The molecule has 6 heteroatoms. The number of aryl methyl sites for hydroxylation is 1. The zero-order valence-electron chi connectivity index (χ0n) is 15.2. The molecule has 0 fully saturated rings. The Balaban J connectivity index is 1.74. The molecule has 1 atom stereocenters. The molecular weight excluding hydrogens is 319 g/mol. The summed E-state index contributed by atoms with van der Waals surface area (Å²) in [7, 11) is 0. The summed E-state index contributed by atoms with van der Waals surface area (Å²) in [4.78, 5) is 12.8. The number of amides is 1. The largest absolute Gasteiger partial charge is 0.351 e. The third-order valence-electron chi connectivity index (χ3n) is 4.94. The predicted molar refractivity (Wildman–Crippen MR) is 93.8 cm³/mol. The lowest BCUT2D eigenvalue weighted by Crippen LogP contribution is -2.48. The van der Waals surface area contributed by atoms with Gasteiger partial charge in [-0.3, -0.25) is 4.79 Å². The molecule has 0 spiro atoms. The van der Waals surface area contributed by atoms with Gasteiger partial charge in [0.1, 0.15) is 17.5 Å². The van der Waals surface area contributed by atoms with Crippen LogP contribution in [0.2, 0.25) is 0 Å². The highest BCUT2D eigenvalue weighted by atomic mass is 19.1. The second-order valence-electron chi connectivity index (χ2n) is 7.58. The minimum Gasteiger partial charge on any atom is -0.351 e. The first kappa shape index (κ1) is 17.6. The highest BCUT2D eigenvalue weighted by molar-refractivity contribution is 5.87. The van der Waals surface area contributed by atoms with Crippen molar-refractivity contribution < 1.29 is 9.18 Å². The summed E-state index contributed by atoms with van der Waals surface area (Å²) >= 11 is 0. The van der Waals surface area contributed by atoms with Crippen LogP contribution in [0.5, 0.6) is 0 Å². The van der Waals surface area contributed by atoms with E-state index in [1.165, 1.54) is 12.1 Å². The van der Waals surface area contributed by atoms with Crippen LogP contribution < -0.4 is 5.32 Å². The standard InChI is InChI=1S/C19H25FN4O/c1-12(2)17-23-22-16-9-8-15(11-24(16)17)21-18(25)19(3,4)13-6-5-7-14(20)10-13/h5-7,10,12,15H,8-9,11H2,1-4H3,(H,21,25). The minimum atomic E-state index is -0.795. The number of fused-ring (bicyclic) bond motifs is 1. The molecule has 1 aromatic carbocycles. The summed E-state index contributed by atoms with van der Waals surface area (Å²) < 4.78 is 15.6. The molecule has 1 N–H and O–H groups in total. The number of carbonyl (C=O) groups excluding carboxylic acids is 1. The van der Waals surface area contributed by atoms with E-state index >= 15 is 0 Å². The molecular formula is C19H25FN4O. The lowest BCUT2D eigenvalue weighted by molar-refractivity contribution is -0.126. The van der Waals surface area contributed by atoms with Crippen molar-refractivity contribution in [2.75, 3.05) is 0 Å². The van der Waals surface area contributed by atoms with E-state index in [-0.39, 0.29) is 17.8 Å².